The molecule has 1 saturated carbocycles. The smallest absolute Gasteiger partial charge is 0.335 e. The van der Waals surface area contributed by atoms with Crippen LogP contribution in [0, 0.1) is 17.8 Å². The SMILES string of the molecule is COC(=O)C1=CN(CCc2cccccc[nH]c2)CC2C1CC[C@@H]2C. The Morgan fingerprint density at radius 2 is 2.12 bits per heavy atom. The number of hydrogen-bond acceptors (Lipinski definition) is 3. The summed E-state index contributed by atoms with van der Waals surface area (Å²) in [4.78, 5) is 17.7. The number of methoxy groups -OCH3 is 1. The highest BCUT2D eigenvalue weighted by molar-refractivity contribution is 5.89. The second-order valence-electron chi connectivity index (χ2n) is 7.13. The fourth-order valence-electron chi connectivity index (χ4n) is 4.10. The zero-order valence-electron chi connectivity index (χ0n) is 15.2. The summed E-state index contributed by atoms with van der Waals surface area (Å²) in [6.07, 6.45) is 9.25. The molecule has 1 aromatic heterocycles. The molecule has 1 fully saturated rings. The number of carbonyl (C=O) groups is 1. The molecule has 4 heteroatoms. The van der Waals surface area contributed by atoms with E-state index in [-0.39, 0.29) is 5.97 Å². The molecule has 1 N–H and O–H groups in total. The maximum absolute atomic E-state index is 12.2. The van der Waals surface area contributed by atoms with Crippen molar-refractivity contribution in [3.8, 4) is 0 Å². The zero-order valence-corrected chi connectivity index (χ0v) is 15.2. The molecule has 2 unspecified atom stereocenters. The molecular weight excluding hydrogens is 312 g/mol. The van der Waals surface area contributed by atoms with Crippen molar-refractivity contribution in [3.05, 3.63) is 60.1 Å². The molecule has 25 heavy (non-hydrogen) atoms. The van der Waals surface area contributed by atoms with Crippen LogP contribution >= 0.6 is 0 Å². The average molecular weight is 340 g/mol. The van der Waals surface area contributed by atoms with E-state index in [1.165, 1.54) is 19.1 Å². The van der Waals surface area contributed by atoms with Gasteiger partial charge in [-0.2, -0.15) is 0 Å². The number of aromatic amines is 1. The lowest BCUT2D eigenvalue weighted by Crippen LogP contribution is -2.38. The topological polar surface area (TPSA) is 45.3 Å². The van der Waals surface area contributed by atoms with Crippen molar-refractivity contribution in [2.75, 3.05) is 20.2 Å². The fraction of sp³-hybridized carbons (Fsp3) is 0.476. The van der Waals surface area contributed by atoms with Gasteiger partial charge in [0.25, 0.3) is 0 Å². The molecule has 3 rings (SSSR count). The molecule has 134 valence electrons. The van der Waals surface area contributed by atoms with Crippen molar-refractivity contribution in [2.24, 2.45) is 17.8 Å². The van der Waals surface area contributed by atoms with Crippen molar-refractivity contribution in [1.29, 1.82) is 0 Å². The highest BCUT2D eigenvalue weighted by Crippen LogP contribution is 2.44. The van der Waals surface area contributed by atoms with E-state index < -0.39 is 0 Å². The molecular formula is C21H28N2O2. The standard InChI is InChI=1S/C21H28N2O2/c1-16-8-9-18-19(16)14-23(15-20(18)21(24)25-2)12-10-17-7-5-3-4-6-11-22-13-17/h3-7,11,13,15-16,18-19,22H,8-10,12,14H2,1-2H3/t16-,18?,19?/m0/s1. The second kappa shape index (κ2) is 8.24. The van der Waals surface area contributed by atoms with E-state index in [0.717, 1.165) is 31.5 Å². The molecule has 3 atom stereocenters. The third-order valence-corrected chi connectivity index (χ3v) is 5.56. The lowest BCUT2D eigenvalue weighted by molar-refractivity contribution is -0.137. The molecule has 0 spiro atoms. The first kappa shape index (κ1) is 17.6. The molecule has 1 aromatic rings. The summed E-state index contributed by atoms with van der Waals surface area (Å²) < 4.78 is 5.04. The maximum atomic E-state index is 12.2. The van der Waals surface area contributed by atoms with Crippen LogP contribution in [-0.4, -0.2) is 36.1 Å². The minimum Gasteiger partial charge on any atom is -0.466 e. The molecule has 2 aliphatic rings. The maximum Gasteiger partial charge on any atom is 0.335 e. The molecule has 2 heterocycles. The Hall–Kier alpha value is -2.23. The number of nitrogens with one attached hydrogen (secondary N) is 1. The number of esters is 1. The number of carbonyl (C=O) groups excluding carboxylic acids is 1. The van der Waals surface area contributed by atoms with Gasteiger partial charge < -0.3 is 14.6 Å². The van der Waals surface area contributed by atoms with Gasteiger partial charge in [-0.25, -0.2) is 4.79 Å². The molecule has 0 bridgehead atoms. The van der Waals surface area contributed by atoms with Gasteiger partial charge in [0.2, 0.25) is 0 Å². The highest BCUT2D eigenvalue weighted by atomic mass is 16.5. The average Bonchev–Trinajstić information content (AvgIpc) is 3.06. The summed E-state index contributed by atoms with van der Waals surface area (Å²) >= 11 is 0. The van der Waals surface area contributed by atoms with Crippen LogP contribution in [0.2, 0.25) is 0 Å². The number of aromatic nitrogens is 1. The summed E-state index contributed by atoms with van der Waals surface area (Å²) in [6, 6.07) is 10.2. The van der Waals surface area contributed by atoms with Gasteiger partial charge >= 0.3 is 5.97 Å². The Kier molecular flexibility index (Phi) is 5.79. The van der Waals surface area contributed by atoms with Crippen LogP contribution in [0.1, 0.15) is 25.3 Å². The summed E-state index contributed by atoms with van der Waals surface area (Å²) in [5, 5.41) is 0. The van der Waals surface area contributed by atoms with Crippen molar-refractivity contribution in [1.82, 2.24) is 9.88 Å². The van der Waals surface area contributed by atoms with Crippen LogP contribution in [0.3, 0.4) is 0 Å². The van der Waals surface area contributed by atoms with Gasteiger partial charge in [-0.1, -0.05) is 31.2 Å². The number of H-pyrrole nitrogens is 1. The first-order valence-electron chi connectivity index (χ1n) is 9.18. The minimum atomic E-state index is -0.160. The first-order chi connectivity index (χ1) is 12.2. The van der Waals surface area contributed by atoms with Crippen LogP contribution in [0.4, 0.5) is 0 Å². The minimum absolute atomic E-state index is 0.160. The lowest BCUT2D eigenvalue weighted by Gasteiger charge is -2.36. The van der Waals surface area contributed by atoms with E-state index in [1.807, 2.05) is 30.6 Å². The molecule has 0 amide bonds. The van der Waals surface area contributed by atoms with Gasteiger partial charge in [-0.15, -0.1) is 0 Å². The van der Waals surface area contributed by atoms with E-state index >= 15 is 0 Å². The van der Waals surface area contributed by atoms with Gasteiger partial charge in [-0.05, 0) is 48.6 Å². The van der Waals surface area contributed by atoms with E-state index in [2.05, 4.69) is 35.1 Å². The van der Waals surface area contributed by atoms with Gasteiger partial charge in [0.1, 0.15) is 0 Å². The molecule has 0 radical (unpaired) electrons. The van der Waals surface area contributed by atoms with Crippen LogP contribution in [0.25, 0.3) is 0 Å². The monoisotopic (exact) mass is 340 g/mol. The third-order valence-electron chi connectivity index (χ3n) is 5.56. The largest absolute Gasteiger partial charge is 0.466 e. The van der Waals surface area contributed by atoms with Crippen LogP contribution in [0.5, 0.6) is 0 Å². The quantitative estimate of drug-likeness (QED) is 0.850. The normalized spacial score (nSPS) is 25.0. The molecule has 4 nitrogen and oxygen atoms in total. The van der Waals surface area contributed by atoms with Crippen molar-refractivity contribution >= 4 is 5.97 Å². The Balaban J connectivity index is 1.75. The Labute approximate surface area is 150 Å². The Morgan fingerprint density at radius 1 is 1.28 bits per heavy atom. The van der Waals surface area contributed by atoms with Crippen molar-refractivity contribution in [3.63, 3.8) is 0 Å². The van der Waals surface area contributed by atoms with Crippen molar-refractivity contribution < 1.29 is 9.53 Å². The van der Waals surface area contributed by atoms with E-state index in [4.69, 9.17) is 4.74 Å². The first-order valence-corrected chi connectivity index (χ1v) is 9.18. The Morgan fingerprint density at radius 3 is 2.96 bits per heavy atom. The van der Waals surface area contributed by atoms with Gasteiger partial charge in [0.05, 0.1) is 12.7 Å². The summed E-state index contributed by atoms with van der Waals surface area (Å²) in [7, 11) is 1.48. The molecule has 1 aliphatic carbocycles. The zero-order chi connectivity index (χ0) is 17.6. The van der Waals surface area contributed by atoms with E-state index in [0.29, 0.717) is 17.8 Å². The van der Waals surface area contributed by atoms with E-state index in [1.54, 1.807) is 0 Å². The summed E-state index contributed by atoms with van der Waals surface area (Å²) in [6.45, 7) is 4.26. The Bertz CT molecular complexity index is 654. The fourth-order valence-corrected chi connectivity index (χ4v) is 4.10. The van der Waals surface area contributed by atoms with Gasteiger partial charge in [0, 0.05) is 31.7 Å². The third kappa shape index (κ3) is 4.25. The highest BCUT2D eigenvalue weighted by Gasteiger charge is 2.41. The number of fused-ring (bicyclic) bond motifs is 1. The van der Waals surface area contributed by atoms with Crippen molar-refractivity contribution in [2.45, 2.75) is 26.2 Å². The molecule has 0 saturated heterocycles. The summed E-state index contributed by atoms with van der Waals surface area (Å²) in [5.74, 6) is 1.45. The lowest BCUT2D eigenvalue weighted by atomic mass is 9.82. The van der Waals surface area contributed by atoms with Gasteiger partial charge in [0.15, 0.2) is 0 Å². The summed E-state index contributed by atoms with van der Waals surface area (Å²) in [5.41, 5.74) is 2.11. The molecule has 1 aliphatic heterocycles. The number of hydrogen-bond donors (Lipinski definition) is 1. The second-order valence-corrected chi connectivity index (χ2v) is 7.13. The van der Waals surface area contributed by atoms with Crippen LogP contribution in [0.15, 0.2) is 54.5 Å². The predicted octanol–water partition coefficient (Wildman–Crippen LogP) is 3.72. The van der Waals surface area contributed by atoms with E-state index in [9.17, 15) is 4.79 Å². The number of ether oxygens (including phenoxy) is 1. The predicted molar refractivity (Wildman–Crippen MR) is 99.2 cm³/mol. The van der Waals surface area contributed by atoms with Gasteiger partial charge in [-0.3, -0.25) is 0 Å². The number of rotatable bonds is 4. The molecule has 0 aromatic carbocycles. The van der Waals surface area contributed by atoms with Crippen LogP contribution < -0.4 is 0 Å². The van der Waals surface area contributed by atoms with Crippen LogP contribution in [-0.2, 0) is 16.0 Å². The number of nitrogens with zero attached hydrogens (tertiary/aromatic N) is 1.